The summed E-state index contributed by atoms with van der Waals surface area (Å²) >= 11 is 0. The summed E-state index contributed by atoms with van der Waals surface area (Å²) in [5, 5.41) is 0. The Morgan fingerprint density at radius 2 is 1.21 bits per heavy atom. The maximum absolute atomic E-state index is 11.5. The largest absolute Gasteiger partial charge is 0.463 e. The summed E-state index contributed by atoms with van der Waals surface area (Å²) in [7, 11) is 0. The molecule has 8 heteroatoms. The average molecular weight is 398 g/mol. The summed E-state index contributed by atoms with van der Waals surface area (Å²) in [5.41, 5.74) is 0. The first-order valence-electron chi connectivity index (χ1n) is 9.02. The Morgan fingerprint density at radius 1 is 0.750 bits per heavy atom. The summed E-state index contributed by atoms with van der Waals surface area (Å²) in [6.07, 6.45) is 1.12. The van der Waals surface area contributed by atoms with Gasteiger partial charge in [0.05, 0.1) is 0 Å². The van der Waals surface area contributed by atoms with E-state index in [0.717, 1.165) is 6.08 Å². The molecule has 0 spiro atoms. The quantitative estimate of drug-likeness (QED) is 0.202. The van der Waals surface area contributed by atoms with Gasteiger partial charge in [-0.1, -0.05) is 12.7 Å². The van der Waals surface area contributed by atoms with Gasteiger partial charge >= 0.3 is 23.9 Å². The minimum absolute atomic E-state index is 0.157. The standard InChI is InChI=1S/C20H30O8/c1-7-9-17(28-20(24)8-2)11-19(27-16(6)23)12-18(26-15(5)22)10-13(3)25-14(4)21/h7-8,13,17-19H,1-2,9-12H2,3-6H3/t13-,17+,18-,19+/m0/s1. The van der Waals surface area contributed by atoms with Crippen molar-refractivity contribution in [2.75, 3.05) is 0 Å². The SMILES string of the molecule is C=CC[C@H](C[C@H](C[C@H](C[C@H](C)OC(C)=O)OC(C)=O)OC(C)=O)OC(=O)C=C. The fraction of sp³-hybridized carbons (Fsp3) is 0.600. The molecule has 0 saturated carbocycles. The molecule has 0 unspecified atom stereocenters. The van der Waals surface area contributed by atoms with Gasteiger partial charge in [-0.25, -0.2) is 4.79 Å². The Balaban J connectivity index is 5.26. The normalized spacial score (nSPS) is 14.6. The minimum Gasteiger partial charge on any atom is -0.463 e. The second-order valence-electron chi connectivity index (χ2n) is 6.38. The van der Waals surface area contributed by atoms with Crippen LogP contribution in [0.3, 0.4) is 0 Å². The highest BCUT2D eigenvalue weighted by Crippen LogP contribution is 2.20. The van der Waals surface area contributed by atoms with Gasteiger partial charge in [-0.2, -0.15) is 0 Å². The molecule has 158 valence electrons. The molecular weight excluding hydrogens is 368 g/mol. The molecule has 28 heavy (non-hydrogen) atoms. The lowest BCUT2D eigenvalue weighted by atomic mass is 10.00. The smallest absolute Gasteiger partial charge is 0.330 e. The van der Waals surface area contributed by atoms with E-state index in [-0.39, 0.29) is 19.3 Å². The number of hydrogen-bond donors (Lipinski definition) is 0. The zero-order valence-electron chi connectivity index (χ0n) is 17.0. The van der Waals surface area contributed by atoms with E-state index in [0.29, 0.717) is 6.42 Å². The molecule has 0 aliphatic heterocycles. The van der Waals surface area contributed by atoms with E-state index < -0.39 is 48.3 Å². The zero-order chi connectivity index (χ0) is 21.7. The molecule has 0 aliphatic carbocycles. The van der Waals surface area contributed by atoms with E-state index in [2.05, 4.69) is 13.2 Å². The van der Waals surface area contributed by atoms with E-state index in [9.17, 15) is 19.2 Å². The molecule has 0 heterocycles. The molecule has 0 aliphatic rings. The van der Waals surface area contributed by atoms with E-state index in [1.54, 1.807) is 13.0 Å². The molecule has 0 radical (unpaired) electrons. The summed E-state index contributed by atoms with van der Waals surface area (Å²) in [5.74, 6) is -2.09. The topological polar surface area (TPSA) is 105 Å². The van der Waals surface area contributed by atoms with Crippen LogP contribution < -0.4 is 0 Å². The van der Waals surface area contributed by atoms with Crippen LogP contribution in [0.15, 0.2) is 25.3 Å². The number of carbonyl (C=O) groups is 4. The van der Waals surface area contributed by atoms with Crippen LogP contribution in [0, 0.1) is 0 Å². The first-order valence-corrected chi connectivity index (χ1v) is 9.02. The van der Waals surface area contributed by atoms with Gasteiger partial charge in [-0.15, -0.1) is 6.58 Å². The zero-order valence-corrected chi connectivity index (χ0v) is 17.0. The molecular formula is C20H30O8. The van der Waals surface area contributed by atoms with Crippen molar-refractivity contribution in [1.29, 1.82) is 0 Å². The number of hydrogen-bond acceptors (Lipinski definition) is 8. The lowest BCUT2D eigenvalue weighted by Crippen LogP contribution is -2.33. The number of rotatable bonds is 13. The van der Waals surface area contributed by atoms with Crippen molar-refractivity contribution in [1.82, 2.24) is 0 Å². The summed E-state index contributed by atoms with van der Waals surface area (Å²) < 4.78 is 21.0. The van der Waals surface area contributed by atoms with Gasteiger partial charge in [0.25, 0.3) is 0 Å². The predicted octanol–water partition coefficient (Wildman–Crippen LogP) is 2.65. The van der Waals surface area contributed by atoms with Crippen molar-refractivity contribution in [2.45, 2.75) is 77.8 Å². The van der Waals surface area contributed by atoms with E-state index in [1.165, 1.54) is 20.8 Å². The Hall–Kier alpha value is -2.64. The average Bonchev–Trinajstić information content (AvgIpc) is 2.52. The third-order valence-corrected chi connectivity index (χ3v) is 3.56. The number of esters is 4. The van der Waals surface area contributed by atoms with Crippen molar-refractivity contribution in [3.63, 3.8) is 0 Å². The Morgan fingerprint density at radius 3 is 1.64 bits per heavy atom. The molecule has 0 saturated heterocycles. The molecule has 8 nitrogen and oxygen atoms in total. The van der Waals surface area contributed by atoms with Gasteiger partial charge in [-0.05, 0) is 6.92 Å². The maximum atomic E-state index is 11.5. The summed E-state index contributed by atoms with van der Waals surface area (Å²) in [6.45, 7) is 12.5. The lowest BCUT2D eigenvalue weighted by Gasteiger charge is -2.27. The molecule has 0 bridgehead atoms. The number of ether oxygens (including phenoxy) is 4. The second-order valence-corrected chi connectivity index (χ2v) is 6.38. The first kappa shape index (κ1) is 25.4. The number of carbonyl (C=O) groups excluding carboxylic acids is 4. The predicted molar refractivity (Wildman–Crippen MR) is 101 cm³/mol. The molecule has 0 amide bonds. The molecule has 0 aromatic rings. The minimum atomic E-state index is -0.686. The maximum Gasteiger partial charge on any atom is 0.330 e. The van der Waals surface area contributed by atoms with Gasteiger partial charge in [0.1, 0.15) is 24.4 Å². The van der Waals surface area contributed by atoms with Gasteiger partial charge < -0.3 is 18.9 Å². The van der Waals surface area contributed by atoms with Crippen LogP contribution in [0.2, 0.25) is 0 Å². The van der Waals surface area contributed by atoms with Gasteiger partial charge in [0.2, 0.25) is 0 Å². The molecule has 0 N–H and O–H groups in total. The summed E-state index contributed by atoms with van der Waals surface area (Å²) in [6, 6.07) is 0. The van der Waals surface area contributed by atoms with E-state index >= 15 is 0 Å². The van der Waals surface area contributed by atoms with Crippen molar-refractivity contribution in [3.05, 3.63) is 25.3 Å². The van der Waals surface area contributed by atoms with Gasteiger partial charge in [-0.3, -0.25) is 14.4 Å². The van der Waals surface area contributed by atoms with Gasteiger partial charge in [0, 0.05) is 52.5 Å². The highest BCUT2D eigenvalue weighted by atomic mass is 16.6. The lowest BCUT2D eigenvalue weighted by molar-refractivity contribution is -0.157. The van der Waals surface area contributed by atoms with Crippen molar-refractivity contribution in [3.8, 4) is 0 Å². The van der Waals surface area contributed by atoms with Crippen LogP contribution in [0.5, 0.6) is 0 Å². The Labute approximate surface area is 165 Å². The van der Waals surface area contributed by atoms with Crippen molar-refractivity contribution >= 4 is 23.9 Å². The highest BCUT2D eigenvalue weighted by Gasteiger charge is 2.27. The van der Waals surface area contributed by atoms with Gasteiger partial charge in [0.15, 0.2) is 0 Å². The summed E-state index contributed by atoms with van der Waals surface area (Å²) in [4.78, 5) is 45.6. The monoisotopic (exact) mass is 398 g/mol. The molecule has 4 atom stereocenters. The third kappa shape index (κ3) is 12.7. The van der Waals surface area contributed by atoms with Crippen molar-refractivity contribution < 1.29 is 38.1 Å². The fourth-order valence-electron chi connectivity index (χ4n) is 2.73. The van der Waals surface area contributed by atoms with Crippen LogP contribution in [0.25, 0.3) is 0 Å². The van der Waals surface area contributed by atoms with Crippen LogP contribution in [-0.2, 0) is 38.1 Å². The Bertz CT molecular complexity index is 569. The van der Waals surface area contributed by atoms with Crippen LogP contribution in [0.1, 0.15) is 53.4 Å². The first-order chi connectivity index (χ1) is 13.1. The fourth-order valence-corrected chi connectivity index (χ4v) is 2.73. The Kier molecular flexibility index (Phi) is 12.2. The molecule has 0 aromatic carbocycles. The molecule has 0 rings (SSSR count). The van der Waals surface area contributed by atoms with Crippen LogP contribution >= 0.6 is 0 Å². The van der Waals surface area contributed by atoms with Crippen molar-refractivity contribution in [2.24, 2.45) is 0 Å². The van der Waals surface area contributed by atoms with Crippen LogP contribution in [0.4, 0.5) is 0 Å². The molecule has 0 aromatic heterocycles. The van der Waals surface area contributed by atoms with E-state index in [4.69, 9.17) is 18.9 Å². The van der Waals surface area contributed by atoms with E-state index in [1.807, 2.05) is 0 Å². The second kappa shape index (κ2) is 13.5. The van der Waals surface area contributed by atoms with Crippen LogP contribution in [-0.4, -0.2) is 48.3 Å². The third-order valence-electron chi connectivity index (χ3n) is 3.56. The highest BCUT2D eigenvalue weighted by molar-refractivity contribution is 5.81. The molecule has 0 fully saturated rings.